The Kier molecular flexibility index (Phi) is 8.41. The number of rotatable bonds is 7. The summed E-state index contributed by atoms with van der Waals surface area (Å²) >= 11 is 0. The maximum Gasteiger partial charge on any atom is 0.261 e. The van der Waals surface area contributed by atoms with Gasteiger partial charge in [0.15, 0.2) is 5.96 Å². The van der Waals surface area contributed by atoms with Gasteiger partial charge in [0, 0.05) is 50.2 Å². The molecule has 246 valence electrons. The van der Waals surface area contributed by atoms with Crippen LogP contribution < -0.4 is 20.5 Å². The largest absolute Gasteiger partial charge is 0.497 e. The summed E-state index contributed by atoms with van der Waals surface area (Å²) in [6, 6.07) is 21.4. The van der Waals surface area contributed by atoms with Gasteiger partial charge in [-0.25, -0.2) is 14.4 Å². The smallest absolute Gasteiger partial charge is 0.261 e. The van der Waals surface area contributed by atoms with Crippen LogP contribution in [-0.4, -0.2) is 59.7 Å². The van der Waals surface area contributed by atoms with E-state index in [1.165, 1.54) is 25.3 Å². The number of nitrogens with zero attached hydrogens (tertiary/aromatic N) is 5. The van der Waals surface area contributed by atoms with Crippen LogP contribution in [-0.2, 0) is 13.0 Å². The summed E-state index contributed by atoms with van der Waals surface area (Å²) in [6.07, 6.45) is 4.38. The number of aryl methyl sites for hydroxylation is 2. The molecule has 8 nitrogen and oxygen atoms in total. The second-order valence-electron chi connectivity index (χ2n) is 14.1. The van der Waals surface area contributed by atoms with E-state index in [0.717, 1.165) is 50.2 Å². The summed E-state index contributed by atoms with van der Waals surface area (Å²) in [6.45, 7) is 11.1. The predicted octanol–water partition coefficient (Wildman–Crippen LogP) is 6.45. The standard InChI is InChI=1S/C38H45FN6O2/c1-25-32-20-27(38(32,2)3)21-34(25)42-37(44-18-16-43(17-19-44)29-8-6-5-7-9-29)41-28-11-13-31-35(22-28)40-24-45(36(31)46)15-14-26-10-12-30(47-4)23-33(26)39/h5-13,22-25,27,32,34H,14-21H2,1-4H3,(H,41,42)/t25-,27-,32+,34?/m0/s1. The Morgan fingerprint density at radius 3 is 2.53 bits per heavy atom. The highest BCUT2D eigenvalue weighted by Gasteiger charge is 2.56. The van der Waals surface area contributed by atoms with E-state index in [9.17, 15) is 9.18 Å². The quantitative estimate of drug-likeness (QED) is 0.186. The van der Waals surface area contributed by atoms with Gasteiger partial charge in [-0.15, -0.1) is 0 Å². The molecule has 1 unspecified atom stereocenters. The lowest BCUT2D eigenvalue weighted by molar-refractivity contribution is -0.108. The van der Waals surface area contributed by atoms with Gasteiger partial charge in [0.25, 0.3) is 5.56 Å². The SMILES string of the molecule is COc1ccc(CCn2cnc3cc(NC(=NC4C[C@@H]5C[C@H]([C@@H]4C)C5(C)C)N4CCN(c5ccccc5)CC4)ccc3c2=O)c(F)c1. The molecule has 9 heteroatoms. The Hall–Kier alpha value is -4.40. The van der Waals surface area contributed by atoms with E-state index in [4.69, 9.17) is 9.73 Å². The number of ether oxygens (including phenoxy) is 1. The van der Waals surface area contributed by atoms with Gasteiger partial charge >= 0.3 is 0 Å². The molecule has 0 spiro atoms. The van der Waals surface area contributed by atoms with Crippen molar-refractivity contribution in [3.05, 3.63) is 94.8 Å². The van der Waals surface area contributed by atoms with Gasteiger partial charge in [-0.2, -0.15) is 0 Å². The molecule has 1 N–H and O–H groups in total. The van der Waals surface area contributed by atoms with Gasteiger partial charge in [-0.05, 0) is 84.4 Å². The Morgan fingerprint density at radius 1 is 1.04 bits per heavy atom. The Balaban J connectivity index is 1.11. The molecule has 8 rings (SSSR count). The first-order chi connectivity index (χ1) is 22.7. The zero-order valence-electron chi connectivity index (χ0n) is 27.8. The number of piperazine rings is 1. The van der Waals surface area contributed by atoms with Crippen LogP contribution >= 0.6 is 0 Å². The van der Waals surface area contributed by atoms with Crippen molar-refractivity contribution in [3.63, 3.8) is 0 Å². The number of methoxy groups -OCH3 is 1. The highest BCUT2D eigenvalue weighted by Crippen LogP contribution is 2.61. The van der Waals surface area contributed by atoms with Crippen LogP contribution in [0.25, 0.3) is 10.9 Å². The normalized spacial score (nSPS) is 23.8. The van der Waals surface area contributed by atoms with Crippen LogP contribution in [0.1, 0.15) is 39.2 Å². The highest BCUT2D eigenvalue weighted by atomic mass is 19.1. The molecule has 47 heavy (non-hydrogen) atoms. The molecule has 4 aliphatic rings. The lowest BCUT2D eigenvalue weighted by Crippen LogP contribution is -2.57. The number of fused-ring (bicyclic) bond motifs is 3. The van der Waals surface area contributed by atoms with Crippen LogP contribution in [0, 0.1) is 29.0 Å². The number of para-hydroxylation sites is 1. The average Bonchev–Trinajstić information content (AvgIpc) is 3.09. The summed E-state index contributed by atoms with van der Waals surface area (Å²) in [5, 5.41) is 4.20. The van der Waals surface area contributed by atoms with Crippen molar-refractivity contribution < 1.29 is 9.13 Å². The summed E-state index contributed by atoms with van der Waals surface area (Å²) in [7, 11) is 1.51. The maximum atomic E-state index is 14.5. The number of guanidine groups is 1. The van der Waals surface area contributed by atoms with Crippen LogP contribution in [0.4, 0.5) is 15.8 Å². The van der Waals surface area contributed by atoms with Crippen molar-refractivity contribution in [2.75, 3.05) is 43.5 Å². The van der Waals surface area contributed by atoms with Crippen molar-refractivity contribution in [1.82, 2.24) is 14.5 Å². The van der Waals surface area contributed by atoms with Crippen molar-refractivity contribution in [3.8, 4) is 5.75 Å². The van der Waals surface area contributed by atoms with Crippen molar-refractivity contribution in [1.29, 1.82) is 0 Å². The number of nitrogens with one attached hydrogen (secondary N) is 1. The molecular formula is C38H45FN6O2. The Morgan fingerprint density at radius 2 is 1.83 bits per heavy atom. The number of aliphatic imine (C=N–C) groups is 1. The fourth-order valence-electron chi connectivity index (χ4n) is 8.08. The third kappa shape index (κ3) is 6.08. The monoisotopic (exact) mass is 636 g/mol. The molecule has 2 bridgehead atoms. The lowest BCUT2D eigenvalue weighted by Gasteiger charge is -2.61. The first kappa shape index (κ1) is 31.2. The molecule has 3 aliphatic carbocycles. The Bertz CT molecular complexity index is 1830. The molecule has 3 saturated carbocycles. The van der Waals surface area contributed by atoms with E-state index in [2.05, 4.69) is 71.2 Å². The minimum atomic E-state index is -0.343. The van der Waals surface area contributed by atoms with E-state index < -0.39 is 0 Å². The van der Waals surface area contributed by atoms with Gasteiger partial charge in [0.2, 0.25) is 0 Å². The number of halogens is 1. The van der Waals surface area contributed by atoms with Gasteiger partial charge in [-0.1, -0.05) is 45.0 Å². The molecule has 4 atom stereocenters. The van der Waals surface area contributed by atoms with Crippen molar-refractivity contribution in [2.24, 2.45) is 28.2 Å². The minimum Gasteiger partial charge on any atom is -0.497 e. The second kappa shape index (κ2) is 12.7. The summed E-state index contributed by atoms with van der Waals surface area (Å²) in [5.41, 5.74) is 3.53. The van der Waals surface area contributed by atoms with Crippen molar-refractivity contribution >= 4 is 28.2 Å². The predicted molar refractivity (Wildman–Crippen MR) is 187 cm³/mol. The first-order valence-electron chi connectivity index (χ1n) is 16.9. The minimum absolute atomic E-state index is 0.140. The number of hydrogen-bond acceptors (Lipinski definition) is 5. The fraction of sp³-hybridized carbons (Fsp3) is 0.447. The maximum absolute atomic E-state index is 14.5. The Labute approximate surface area is 276 Å². The third-order valence-electron chi connectivity index (χ3n) is 11.3. The molecule has 0 radical (unpaired) electrons. The third-order valence-corrected chi connectivity index (χ3v) is 11.3. The number of anilines is 2. The van der Waals surface area contributed by atoms with E-state index in [0.29, 0.717) is 52.4 Å². The fourth-order valence-corrected chi connectivity index (χ4v) is 8.08. The van der Waals surface area contributed by atoms with E-state index in [-0.39, 0.29) is 17.4 Å². The molecule has 1 aliphatic heterocycles. The highest BCUT2D eigenvalue weighted by molar-refractivity contribution is 5.96. The number of benzene rings is 3. The van der Waals surface area contributed by atoms with Gasteiger partial charge in [0.1, 0.15) is 11.6 Å². The van der Waals surface area contributed by atoms with Crippen LogP contribution in [0.3, 0.4) is 0 Å². The zero-order chi connectivity index (χ0) is 32.7. The van der Waals surface area contributed by atoms with Gasteiger partial charge in [-0.3, -0.25) is 9.36 Å². The van der Waals surface area contributed by atoms with E-state index in [1.807, 2.05) is 18.2 Å². The molecular weight excluding hydrogens is 591 g/mol. The molecule has 2 heterocycles. The molecule has 4 fully saturated rings. The van der Waals surface area contributed by atoms with Crippen molar-refractivity contribution in [2.45, 2.75) is 52.6 Å². The summed E-state index contributed by atoms with van der Waals surface area (Å²) in [4.78, 5) is 28.3. The van der Waals surface area contributed by atoms with Crippen LogP contribution in [0.15, 0.2) is 82.8 Å². The summed E-state index contributed by atoms with van der Waals surface area (Å²) in [5.74, 6) is 2.99. The van der Waals surface area contributed by atoms with E-state index >= 15 is 0 Å². The molecule has 3 aromatic carbocycles. The average molecular weight is 637 g/mol. The van der Waals surface area contributed by atoms with E-state index in [1.54, 1.807) is 23.0 Å². The summed E-state index contributed by atoms with van der Waals surface area (Å²) < 4.78 is 21.1. The molecule has 1 aromatic heterocycles. The first-order valence-corrected chi connectivity index (χ1v) is 16.9. The topological polar surface area (TPSA) is 75.0 Å². The molecule has 0 amide bonds. The lowest BCUT2D eigenvalue weighted by atomic mass is 9.45. The number of aromatic nitrogens is 2. The van der Waals surface area contributed by atoms with Gasteiger partial charge < -0.3 is 19.9 Å². The molecule has 1 saturated heterocycles. The zero-order valence-corrected chi connectivity index (χ0v) is 27.8. The number of hydrogen-bond donors (Lipinski definition) is 1. The molecule has 4 aromatic rings. The second-order valence-corrected chi connectivity index (χ2v) is 14.1. The van der Waals surface area contributed by atoms with Crippen LogP contribution in [0.5, 0.6) is 5.75 Å². The van der Waals surface area contributed by atoms with Gasteiger partial charge in [0.05, 0.1) is 30.4 Å². The van der Waals surface area contributed by atoms with Crippen LogP contribution in [0.2, 0.25) is 0 Å².